The van der Waals surface area contributed by atoms with Crippen molar-refractivity contribution in [3.05, 3.63) is 75.6 Å². The summed E-state index contributed by atoms with van der Waals surface area (Å²) in [5, 5.41) is 4.64. The zero-order valence-electron chi connectivity index (χ0n) is 16.1. The van der Waals surface area contributed by atoms with E-state index in [0.717, 1.165) is 11.1 Å². The smallest absolute Gasteiger partial charge is 0.308 e. The lowest BCUT2D eigenvalue weighted by atomic mass is 9.99. The molecule has 0 bridgehead atoms. The number of hydrogen-bond acceptors (Lipinski definition) is 5. The van der Waals surface area contributed by atoms with Crippen LogP contribution in [0.1, 0.15) is 34.8 Å². The van der Waals surface area contributed by atoms with Crippen molar-refractivity contribution in [2.75, 3.05) is 0 Å². The molecule has 0 aliphatic heterocycles. The number of para-hydroxylation sites is 1. The minimum absolute atomic E-state index is 0.0459. The Morgan fingerprint density at radius 2 is 1.89 bits per heavy atom. The largest absolute Gasteiger partial charge is 0.454 e. The molecule has 0 amide bonds. The molecule has 0 saturated carbocycles. The van der Waals surface area contributed by atoms with Gasteiger partial charge in [0.25, 0.3) is 0 Å². The summed E-state index contributed by atoms with van der Waals surface area (Å²) in [7, 11) is 0. The minimum atomic E-state index is -0.869. The predicted octanol–water partition coefficient (Wildman–Crippen LogP) is 3.22. The van der Waals surface area contributed by atoms with E-state index >= 15 is 0 Å². The number of rotatable bonds is 6. The van der Waals surface area contributed by atoms with Gasteiger partial charge in [0.1, 0.15) is 0 Å². The number of hydrogen-bond donors (Lipinski definition) is 0. The molecule has 6 heteroatoms. The van der Waals surface area contributed by atoms with Crippen LogP contribution in [0.4, 0.5) is 0 Å². The number of nitrogens with zero attached hydrogens (tertiary/aromatic N) is 2. The Morgan fingerprint density at radius 3 is 2.68 bits per heavy atom. The SMILES string of the molecule is Cc1ccc(C)c(C(=O)C(C)OC(=O)CCn2ncc(=O)c3ccccc32)c1. The summed E-state index contributed by atoms with van der Waals surface area (Å²) in [4.78, 5) is 36.7. The van der Waals surface area contributed by atoms with Crippen LogP contribution < -0.4 is 5.43 Å². The summed E-state index contributed by atoms with van der Waals surface area (Å²) in [6.45, 7) is 5.60. The quantitative estimate of drug-likeness (QED) is 0.486. The van der Waals surface area contributed by atoms with Gasteiger partial charge in [-0.05, 0) is 44.5 Å². The van der Waals surface area contributed by atoms with Gasteiger partial charge in [-0.1, -0.05) is 29.8 Å². The van der Waals surface area contributed by atoms with E-state index in [1.165, 1.54) is 6.20 Å². The maximum Gasteiger partial charge on any atom is 0.308 e. The van der Waals surface area contributed by atoms with E-state index in [4.69, 9.17) is 4.74 Å². The van der Waals surface area contributed by atoms with Gasteiger partial charge in [0.15, 0.2) is 6.10 Å². The number of fused-ring (bicyclic) bond motifs is 1. The standard InChI is InChI=1S/C22H22N2O4/c1-14-8-9-15(2)18(12-14)22(27)16(3)28-21(26)10-11-24-19-7-5-4-6-17(19)20(25)13-23-24/h4-9,12-13,16H,10-11H2,1-3H3. The van der Waals surface area contributed by atoms with Gasteiger partial charge in [-0.15, -0.1) is 0 Å². The number of carbonyl (C=O) groups excluding carboxylic acids is 2. The molecule has 0 fully saturated rings. The van der Waals surface area contributed by atoms with Crippen LogP contribution in [-0.2, 0) is 16.1 Å². The number of ether oxygens (including phenoxy) is 1. The first kappa shape index (κ1) is 19.5. The third kappa shape index (κ3) is 4.17. The first-order valence-electron chi connectivity index (χ1n) is 9.12. The van der Waals surface area contributed by atoms with E-state index in [9.17, 15) is 14.4 Å². The first-order valence-corrected chi connectivity index (χ1v) is 9.12. The van der Waals surface area contributed by atoms with Gasteiger partial charge in [0, 0.05) is 10.9 Å². The molecule has 3 rings (SSSR count). The number of ketones is 1. The summed E-state index contributed by atoms with van der Waals surface area (Å²) in [5.74, 6) is -0.711. The molecule has 1 atom stereocenters. The summed E-state index contributed by atoms with van der Waals surface area (Å²) in [6, 6.07) is 12.7. The van der Waals surface area contributed by atoms with E-state index in [1.54, 1.807) is 35.9 Å². The van der Waals surface area contributed by atoms with Crippen LogP contribution in [0.2, 0.25) is 0 Å². The van der Waals surface area contributed by atoms with Gasteiger partial charge in [-0.25, -0.2) is 0 Å². The lowest BCUT2D eigenvalue weighted by Crippen LogP contribution is -2.26. The lowest BCUT2D eigenvalue weighted by Gasteiger charge is -2.15. The van der Waals surface area contributed by atoms with Crippen LogP contribution >= 0.6 is 0 Å². The van der Waals surface area contributed by atoms with E-state index < -0.39 is 12.1 Å². The summed E-state index contributed by atoms with van der Waals surface area (Å²) in [6.07, 6.45) is 0.414. The van der Waals surface area contributed by atoms with Gasteiger partial charge in [0.2, 0.25) is 11.2 Å². The first-order chi connectivity index (χ1) is 13.4. The molecule has 0 saturated heterocycles. The van der Waals surface area contributed by atoms with Crippen molar-refractivity contribution >= 4 is 22.7 Å². The number of esters is 1. The second-order valence-corrected chi connectivity index (χ2v) is 6.81. The zero-order valence-corrected chi connectivity index (χ0v) is 16.1. The summed E-state index contributed by atoms with van der Waals surface area (Å²) < 4.78 is 6.92. The maximum atomic E-state index is 12.6. The van der Waals surface area contributed by atoms with Gasteiger partial charge in [-0.2, -0.15) is 5.10 Å². The van der Waals surface area contributed by atoms with Gasteiger partial charge < -0.3 is 4.74 Å². The van der Waals surface area contributed by atoms with Crippen molar-refractivity contribution in [1.82, 2.24) is 9.78 Å². The van der Waals surface area contributed by atoms with Crippen molar-refractivity contribution < 1.29 is 14.3 Å². The molecule has 1 unspecified atom stereocenters. The fraction of sp³-hybridized carbons (Fsp3) is 0.273. The molecule has 2 aromatic carbocycles. The van der Waals surface area contributed by atoms with Gasteiger partial charge >= 0.3 is 5.97 Å². The molecule has 1 heterocycles. The lowest BCUT2D eigenvalue weighted by molar-refractivity contribution is -0.146. The van der Waals surface area contributed by atoms with Crippen LogP contribution in [0.3, 0.4) is 0 Å². The number of aryl methyl sites for hydroxylation is 3. The number of Topliss-reactive ketones (excluding diaryl/α,β-unsaturated/α-hetero) is 1. The molecular formula is C22H22N2O4. The van der Waals surface area contributed by atoms with Crippen molar-refractivity contribution in [2.45, 2.75) is 39.8 Å². The molecule has 6 nitrogen and oxygen atoms in total. The molecule has 0 spiro atoms. The average Bonchev–Trinajstić information content (AvgIpc) is 2.69. The maximum absolute atomic E-state index is 12.6. The molecule has 144 valence electrons. The third-order valence-electron chi connectivity index (χ3n) is 4.63. The van der Waals surface area contributed by atoms with Gasteiger partial charge in [0.05, 0.1) is 24.7 Å². The van der Waals surface area contributed by atoms with Crippen molar-refractivity contribution in [3.63, 3.8) is 0 Å². The Morgan fingerprint density at radius 1 is 1.14 bits per heavy atom. The van der Waals surface area contributed by atoms with Crippen LogP contribution in [0.5, 0.6) is 0 Å². The molecular weight excluding hydrogens is 356 g/mol. The van der Waals surface area contributed by atoms with Crippen molar-refractivity contribution in [1.29, 1.82) is 0 Å². The second kappa shape index (κ2) is 8.17. The zero-order chi connectivity index (χ0) is 20.3. The van der Waals surface area contributed by atoms with Crippen molar-refractivity contribution in [2.24, 2.45) is 0 Å². The summed E-state index contributed by atoms with van der Waals surface area (Å²) in [5.41, 5.74) is 2.88. The highest BCUT2D eigenvalue weighted by Crippen LogP contribution is 2.15. The number of aromatic nitrogens is 2. The van der Waals surface area contributed by atoms with E-state index in [1.807, 2.05) is 32.0 Å². The molecule has 0 aliphatic rings. The van der Waals surface area contributed by atoms with Crippen LogP contribution in [-0.4, -0.2) is 27.6 Å². The Labute approximate surface area is 162 Å². The van der Waals surface area contributed by atoms with Crippen LogP contribution in [0.15, 0.2) is 53.5 Å². The Balaban J connectivity index is 1.66. The van der Waals surface area contributed by atoms with Crippen LogP contribution in [0, 0.1) is 13.8 Å². The summed E-state index contributed by atoms with van der Waals surface area (Å²) >= 11 is 0. The van der Waals surface area contributed by atoms with E-state index in [-0.39, 0.29) is 24.2 Å². The predicted molar refractivity (Wildman–Crippen MR) is 106 cm³/mol. The molecule has 0 aliphatic carbocycles. The topological polar surface area (TPSA) is 78.3 Å². The van der Waals surface area contributed by atoms with Gasteiger partial charge in [-0.3, -0.25) is 19.1 Å². The third-order valence-corrected chi connectivity index (χ3v) is 4.63. The second-order valence-electron chi connectivity index (χ2n) is 6.81. The fourth-order valence-corrected chi connectivity index (χ4v) is 3.07. The Bertz CT molecular complexity index is 1100. The highest BCUT2D eigenvalue weighted by molar-refractivity contribution is 6.01. The average molecular weight is 378 g/mol. The van der Waals surface area contributed by atoms with E-state index in [2.05, 4.69) is 5.10 Å². The monoisotopic (exact) mass is 378 g/mol. The highest BCUT2D eigenvalue weighted by atomic mass is 16.5. The fourth-order valence-electron chi connectivity index (χ4n) is 3.07. The number of carbonyl (C=O) groups is 2. The van der Waals surface area contributed by atoms with E-state index in [0.29, 0.717) is 16.5 Å². The molecule has 0 radical (unpaired) electrons. The highest BCUT2D eigenvalue weighted by Gasteiger charge is 2.21. The minimum Gasteiger partial charge on any atom is -0.454 e. The molecule has 0 N–H and O–H groups in total. The number of benzene rings is 2. The molecule has 28 heavy (non-hydrogen) atoms. The van der Waals surface area contributed by atoms with Crippen LogP contribution in [0.25, 0.3) is 10.9 Å². The Hall–Kier alpha value is -3.28. The Kier molecular flexibility index (Phi) is 5.68. The van der Waals surface area contributed by atoms with Crippen molar-refractivity contribution in [3.8, 4) is 0 Å². The molecule has 1 aromatic heterocycles. The molecule has 3 aromatic rings. The normalized spacial score (nSPS) is 12.0.